The van der Waals surface area contributed by atoms with Gasteiger partial charge in [0, 0.05) is 20.3 Å². The normalized spacial score (nSPS) is 11.7. The molecule has 0 saturated carbocycles. The van der Waals surface area contributed by atoms with Crippen LogP contribution in [0.2, 0.25) is 0 Å². The summed E-state index contributed by atoms with van der Waals surface area (Å²) in [5.41, 5.74) is 0. The number of methoxy groups -OCH3 is 1. The van der Waals surface area contributed by atoms with Gasteiger partial charge in [0.2, 0.25) is 10.0 Å². The van der Waals surface area contributed by atoms with Crippen molar-refractivity contribution in [3.05, 3.63) is 14.7 Å². The summed E-state index contributed by atoms with van der Waals surface area (Å²) in [6, 6.07) is 1.15. The van der Waals surface area contributed by atoms with E-state index in [-0.39, 0.29) is 20.1 Å². The van der Waals surface area contributed by atoms with E-state index in [9.17, 15) is 13.2 Å². The molecule has 6 nitrogen and oxygen atoms in total. The Balaban J connectivity index is 2.69. The average Bonchev–Trinajstić information content (AvgIpc) is 2.72. The number of ether oxygens (including phenoxy) is 1. The van der Waals surface area contributed by atoms with Crippen LogP contribution in [-0.4, -0.2) is 39.8 Å². The van der Waals surface area contributed by atoms with Gasteiger partial charge in [-0.05, 0) is 34.8 Å². The fraction of sp³-hybridized carbons (Fsp3) is 0.500. The van der Waals surface area contributed by atoms with E-state index in [0.717, 1.165) is 23.8 Å². The Bertz CT molecular complexity index is 540. The predicted molar refractivity (Wildman–Crippen MR) is 75.3 cm³/mol. The van der Waals surface area contributed by atoms with Gasteiger partial charge in [-0.3, -0.25) is 0 Å². The van der Waals surface area contributed by atoms with Gasteiger partial charge in [-0.25, -0.2) is 17.9 Å². The molecule has 0 radical (unpaired) electrons. The van der Waals surface area contributed by atoms with E-state index in [4.69, 9.17) is 9.84 Å². The maximum absolute atomic E-state index is 12.0. The summed E-state index contributed by atoms with van der Waals surface area (Å²) in [7, 11) is -2.10. The minimum Gasteiger partial charge on any atom is -0.477 e. The Morgan fingerprint density at radius 3 is 2.74 bits per heavy atom. The van der Waals surface area contributed by atoms with E-state index < -0.39 is 16.0 Å². The molecule has 0 aliphatic heterocycles. The standard InChI is InChI=1S/C10H14BrNO5S2/c1-17-5-3-2-4-12-19(15,16)8-6-7(10(13)14)18-9(8)11/h6,12H,2-5H2,1H3,(H,13,14). The molecule has 19 heavy (non-hydrogen) atoms. The third-order valence-electron chi connectivity index (χ3n) is 2.22. The fourth-order valence-electron chi connectivity index (χ4n) is 1.30. The zero-order chi connectivity index (χ0) is 14.5. The third kappa shape index (κ3) is 4.84. The number of carboxylic acids is 1. The zero-order valence-corrected chi connectivity index (χ0v) is 13.4. The smallest absolute Gasteiger partial charge is 0.345 e. The summed E-state index contributed by atoms with van der Waals surface area (Å²) in [6.45, 7) is 0.865. The van der Waals surface area contributed by atoms with Crippen LogP contribution in [0.1, 0.15) is 22.5 Å². The van der Waals surface area contributed by atoms with Gasteiger partial charge in [-0.2, -0.15) is 0 Å². The first-order valence-electron chi connectivity index (χ1n) is 5.39. The molecule has 0 amide bonds. The number of hydrogen-bond acceptors (Lipinski definition) is 5. The van der Waals surface area contributed by atoms with Gasteiger partial charge in [-0.15, -0.1) is 11.3 Å². The molecule has 0 spiro atoms. The lowest BCUT2D eigenvalue weighted by molar-refractivity contribution is 0.0702. The average molecular weight is 372 g/mol. The molecule has 0 saturated heterocycles. The molecular formula is C10H14BrNO5S2. The predicted octanol–water partition coefficient (Wildman–Crippen LogP) is 1.91. The molecule has 0 aromatic carbocycles. The van der Waals surface area contributed by atoms with Crippen molar-refractivity contribution in [1.29, 1.82) is 0 Å². The number of hydrogen-bond donors (Lipinski definition) is 2. The highest BCUT2D eigenvalue weighted by Gasteiger charge is 2.22. The molecular weight excluding hydrogens is 358 g/mol. The van der Waals surface area contributed by atoms with Crippen LogP contribution in [-0.2, 0) is 14.8 Å². The number of unbranched alkanes of at least 4 members (excludes halogenated alkanes) is 1. The van der Waals surface area contributed by atoms with Gasteiger partial charge in [0.1, 0.15) is 9.77 Å². The summed E-state index contributed by atoms with van der Waals surface area (Å²) in [6.07, 6.45) is 1.41. The molecule has 1 aromatic heterocycles. The highest BCUT2D eigenvalue weighted by atomic mass is 79.9. The molecule has 0 aliphatic rings. The number of carbonyl (C=O) groups is 1. The summed E-state index contributed by atoms with van der Waals surface area (Å²) in [4.78, 5) is 10.7. The molecule has 1 aromatic rings. The number of nitrogens with one attached hydrogen (secondary N) is 1. The van der Waals surface area contributed by atoms with E-state index in [2.05, 4.69) is 20.7 Å². The zero-order valence-electron chi connectivity index (χ0n) is 10.2. The Morgan fingerprint density at radius 2 is 2.21 bits per heavy atom. The van der Waals surface area contributed by atoms with Gasteiger partial charge in [0.15, 0.2) is 0 Å². The quantitative estimate of drug-likeness (QED) is 0.680. The number of halogens is 1. The van der Waals surface area contributed by atoms with Gasteiger partial charge in [-0.1, -0.05) is 0 Å². The van der Waals surface area contributed by atoms with E-state index in [1.165, 1.54) is 0 Å². The largest absolute Gasteiger partial charge is 0.477 e. The minimum atomic E-state index is -3.68. The van der Waals surface area contributed by atoms with Crippen molar-refractivity contribution >= 4 is 43.3 Å². The first-order valence-corrected chi connectivity index (χ1v) is 8.49. The summed E-state index contributed by atoms with van der Waals surface area (Å²) < 4.78 is 31.5. The van der Waals surface area contributed by atoms with Crippen molar-refractivity contribution in [3.63, 3.8) is 0 Å². The molecule has 108 valence electrons. The van der Waals surface area contributed by atoms with Crippen LogP contribution in [0.4, 0.5) is 0 Å². The van der Waals surface area contributed by atoms with Gasteiger partial charge in [0.05, 0.1) is 3.79 Å². The van der Waals surface area contributed by atoms with Crippen LogP contribution in [0.25, 0.3) is 0 Å². The van der Waals surface area contributed by atoms with Gasteiger partial charge in [0.25, 0.3) is 0 Å². The Hall–Kier alpha value is -0.480. The Kier molecular flexibility index (Phi) is 6.40. The lowest BCUT2D eigenvalue weighted by Gasteiger charge is -2.05. The van der Waals surface area contributed by atoms with Crippen molar-refractivity contribution in [2.45, 2.75) is 17.7 Å². The Morgan fingerprint density at radius 1 is 1.53 bits per heavy atom. The van der Waals surface area contributed by atoms with Crippen LogP contribution >= 0.6 is 27.3 Å². The Labute approximate surface area is 124 Å². The van der Waals surface area contributed by atoms with Crippen LogP contribution in [0.5, 0.6) is 0 Å². The van der Waals surface area contributed by atoms with Crippen LogP contribution < -0.4 is 4.72 Å². The van der Waals surface area contributed by atoms with Crippen molar-refractivity contribution < 1.29 is 23.1 Å². The van der Waals surface area contributed by atoms with E-state index >= 15 is 0 Å². The molecule has 1 heterocycles. The van der Waals surface area contributed by atoms with Crippen molar-refractivity contribution in [2.75, 3.05) is 20.3 Å². The molecule has 9 heteroatoms. The van der Waals surface area contributed by atoms with Crippen LogP contribution in [0, 0.1) is 0 Å². The SMILES string of the molecule is COCCCCNS(=O)(=O)c1cc(C(=O)O)sc1Br. The lowest BCUT2D eigenvalue weighted by atomic mass is 10.3. The molecule has 0 bridgehead atoms. The monoisotopic (exact) mass is 371 g/mol. The second-order valence-corrected chi connectivity index (χ2v) is 7.76. The van der Waals surface area contributed by atoms with Crippen molar-refractivity contribution in [2.24, 2.45) is 0 Å². The van der Waals surface area contributed by atoms with Gasteiger partial charge < -0.3 is 9.84 Å². The molecule has 0 atom stereocenters. The van der Waals surface area contributed by atoms with Crippen LogP contribution in [0.3, 0.4) is 0 Å². The molecule has 2 N–H and O–H groups in total. The molecule has 0 aliphatic carbocycles. The summed E-state index contributed by atoms with van der Waals surface area (Å²) in [5.74, 6) is -1.15. The maximum Gasteiger partial charge on any atom is 0.345 e. The highest BCUT2D eigenvalue weighted by Crippen LogP contribution is 2.31. The third-order valence-corrected chi connectivity index (χ3v) is 5.92. The number of aromatic carboxylic acids is 1. The number of carboxylic acid groups (broad SMARTS) is 1. The van der Waals surface area contributed by atoms with E-state index in [1.54, 1.807) is 7.11 Å². The van der Waals surface area contributed by atoms with Crippen molar-refractivity contribution in [3.8, 4) is 0 Å². The summed E-state index contributed by atoms with van der Waals surface area (Å²) in [5, 5.41) is 8.82. The second kappa shape index (κ2) is 7.34. The highest BCUT2D eigenvalue weighted by molar-refractivity contribution is 9.11. The summed E-state index contributed by atoms with van der Waals surface area (Å²) >= 11 is 3.95. The number of rotatable bonds is 8. The van der Waals surface area contributed by atoms with Gasteiger partial charge >= 0.3 is 5.97 Å². The fourth-order valence-corrected chi connectivity index (χ4v) is 4.77. The van der Waals surface area contributed by atoms with E-state index in [0.29, 0.717) is 13.0 Å². The second-order valence-electron chi connectivity index (χ2n) is 3.65. The number of thiophene rings is 1. The maximum atomic E-state index is 12.0. The van der Waals surface area contributed by atoms with Crippen molar-refractivity contribution in [1.82, 2.24) is 4.72 Å². The first-order chi connectivity index (χ1) is 8.88. The lowest BCUT2D eigenvalue weighted by Crippen LogP contribution is -2.24. The topological polar surface area (TPSA) is 92.7 Å². The molecule has 1 rings (SSSR count). The molecule has 0 fully saturated rings. The molecule has 0 unspecified atom stereocenters. The van der Waals surface area contributed by atoms with Crippen LogP contribution in [0.15, 0.2) is 14.7 Å². The minimum absolute atomic E-state index is 0.0216. The van der Waals surface area contributed by atoms with E-state index in [1.807, 2.05) is 0 Å². The number of sulfonamides is 1. The first kappa shape index (κ1) is 16.6.